The molecule has 2 heterocycles. The van der Waals surface area contributed by atoms with E-state index in [1.54, 1.807) is 4.90 Å². The van der Waals surface area contributed by atoms with Crippen LogP contribution in [0.25, 0.3) is 22.0 Å². The molecule has 0 atom stereocenters. The Kier molecular flexibility index (Phi) is 5.98. The number of carbonyl (C=O) groups is 2. The molecule has 0 unspecified atom stereocenters. The quantitative estimate of drug-likeness (QED) is 0.580. The molecule has 0 spiro atoms. The zero-order chi connectivity index (χ0) is 23.0. The first-order chi connectivity index (χ1) is 15.3. The summed E-state index contributed by atoms with van der Waals surface area (Å²) in [5, 5.41) is 4.71. The third-order valence-electron chi connectivity index (χ3n) is 5.98. The van der Waals surface area contributed by atoms with Crippen molar-refractivity contribution in [2.24, 2.45) is 0 Å². The number of anilines is 1. The summed E-state index contributed by atoms with van der Waals surface area (Å²) in [6.45, 7) is 6.76. The van der Waals surface area contributed by atoms with Crippen molar-refractivity contribution >= 4 is 40.0 Å². The van der Waals surface area contributed by atoms with Gasteiger partial charge in [0.05, 0.1) is 6.04 Å². The number of likely N-dealkylation sites (tertiary alicyclic amines) is 1. The van der Waals surface area contributed by atoms with E-state index >= 15 is 0 Å². The van der Waals surface area contributed by atoms with E-state index in [-0.39, 0.29) is 24.4 Å². The first-order valence-corrected chi connectivity index (χ1v) is 10.9. The smallest absolute Gasteiger partial charge is 0.246 e. The topological polar surface area (TPSA) is 57.6 Å². The summed E-state index contributed by atoms with van der Waals surface area (Å²) in [6.07, 6.45) is 1.30. The van der Waals surface area contributed by atoms with Gasteiger partial charge in [-0.25, -0.2) is 0 Å². The SMILES string of the molecule is C=CC(=O)N1CC(NC(=O)Cn2c(C)c(-c3ccccc3N(C)C)c3cc(Cl)ccc32)C1. The standard InChI is InChI=1S/C25H27ClN4O2/c1-5-24(32)29-13-18(14-29)27-23(31)15-30-16(2)25(20-12-17(26)10-11-22(20)30)19-8-6-7-9-21(19)28(3)4/h5-12,18H,1,13-15H2,2-4H3,(H,27,31). The number of hydrogen-bond donors (Lipinski definition) is 1. The lowest BCUT2D eigenvalue weighted by Crippen LogP contribution is -2.61. The van der Waals surface area contributed by atoms with Crippen LogP contribution in [0.4, 0.5) is 5.69 Å². The predicted molar refractivity (Wildman–Crippen MR) is 130 cm³/mol. The Balaban J connectivity index is 1.67. The van der Waals surface area contributed by atoms with E-state index in [2.05, 4.69) is 28.9 Å². The Morgan fingerprint density at radius 3 is 2.62 bits per heavy atom. The molecule has 166 valence electrons. The first kappa shape index (κ1) is 22.0. The van der Waals surface area contributed by atoms with Crippen molar-refractivity contribution in [1.82, 2.24) is 14.8 Å². The van der Waals surface area contributed by atoms with Gasteiger partial charge >= 0.3 is 0 Å². The highest BCUT2D eigenvalue weighted by Crippen LogP contribution is 2.40. The number of benzene rings is 2. The highest BCUT2D eigenvalue weighted by molar-refractivity contribution is 6.31. The number of carbonyl (C=O) groups excluding carboxylic acids is 2. The molecule has 0 bridgehead atoms. The minimum Gasteiger partial charge on any atom is -0.377 e. The molecule has 0 saturated carbocycles. The summed E-state index contributed by atoms with van der Waals surface area (Å²) in [6, 6.07) is 14.0. The van der Waals surface area contributed by atoms with Crippen molar-refractivity contribution < 1.29 is 9.59 Å². The van der Waals surface area contributed by atoms with Crippen LogP contribution in [0, 0.1) is 6.92 Å². The van der Waals surface area contributed by atoms with E-state index < -0.39 is 0 Å². The number of nitrogens with zero attached hydrogens (tertiary/aromatic N) is 3. The number of hydrogen-bond acceptors (Lipinski definition) is 3. The van der Waals surface area contributed by atoms with Gasteiger partial charge in [-0.05, 0) is 37.3 Å². The lowest BCUT2D eigenvalue weighted by molar-refractivity contribution is -0.133. The Bertz CT molecular complexity index is 1210. The zero-order valence-corrected chi connectivity index (χ0v) is 19.3. The van der Waals surface area contributed by atoms with E-state index in [0.717, 1.165) is 33.4 Å². The molecule has 32 heavy (non-hydrogen) atoms. The first-order valence-electron chi connectivity index (χ1n) is 10.6. The Hall–Kier alpha value is -3.25. The number of fused-ring (bicyclic) bond motifs is 1. The van der Waals surface area contributed by atoms with Crippen LogP contribution in [-0.2, 0) is 16.1 Å². The van der Waals surface area contributed by atoms with Crippen LogP contribution in [0.5, 0.6) is 0 Å². The molecular weight excluding hydrogens is 424 g/mol. The predicted octanol–water partition coefficient (Wildman–Crippen LogP) is 3.85. The van der Waals surface area contributed by atoms with Crippen molar-refractivity contribution in [3.8, 4) is 11.1 Å². The number of para-hydroxylation sites is 1. The van der Waals surface area contributed by atoms with Crippen molar-refractivity contribution in [2.45, 2.75) is 19.5 Å². The third-order valence-corrected chi connectivity index (χ3v) is 6.21. The molecule has 1 N–H and O–H groups in total. The molecule has 1 aliphatic heterocycles. The monoisotopic (exact) mass is 450 g/mol. The molecule has 1 saturated heterocycles. The summed E-state index contributed by atoms with van der Waals surface area (Å²) in [5.74, 6) is -0.188. The number of aromatic nitrogens is 1. The number of amides is 2. The molecule has 0 aliphatic carbocycles. The minimum atomic E-state index is -0.108. The summed E-state index contributed by atoms with van der Waals surface area (Å²) in [4.78, 5) is 28.2. The number of halogens is 1. The van der Waals surface area contributed by atoms with Crippen LogP contribution >= 0.6 is 11.6 Å². The van der Waals surface area contributed by atoms with Gasteiger partial charge in [0.15, 0.2) is 0 Å². The largest absolute Gasteiger partial charge is 0.377 e. The highest BCUT2D eigenvalue weighted by Gasteiger charge is 2.30. The van der Waals surface area contributed by atoms with E-state index in [1.165, 1.54) is 6.08 Å². The van der Waals surface area contributed by atoms with Gasteiger partial charge in [-0.3, -0.25) is 9.59 Å². The zero-order valence-electron chi connectivity index (χ0n) is 18.6. The van der Waals surface area contributed by atoms with Crippen LogP contribution in [0.3, 0.4) is 0 Å². The molecule has 3 aromatic rings. The fraction of sp³-hybridized carbons (Fsp3) is 0.280. The minimum absolute atomic E-state index is 0.0306. The third kappa shape index (κ3) is 3.98. The molecule has 6 nitrogen and oxygen atoms in total. The van der Waals surface area contributed by atoms with Gasteiger partial charge in [0.1, 0.15) is 6.54 Å². The van der Waals surface area contributed by atoms with Gasteiger partial charge in [0.25, 0.3) is 0 Å². The molecular formula is C25H27ClN4O2. The maximum atomic E-state index is 12.9. The van der Waals surface area contributed by atoms with E-state index in [1.807, 2.05) is 55.9 Å². The summed E-state index contributed by atoms with van der Waals surface area (Å²) in [7, 11) is 4.04. The van der Waals surface area contributed by atoms with Crippen molar-refractivity contribution in [1.29, 1.82) is 0 Å². The Labute approximate surface area is 193 Å². The van der Waals surface area contributed by atoms with Crippen molar-refractivity contribution in [3.63, 3.8) is 0 Å². The Morgan fingerprint density at radius 2 is 1.94 bits per heavy atom. The molecule has 2 aromatic carbocycles. The molecule has 7 heteroatoms. The van der Waals surface area contributed by atoms with Gasteiger partial charge in [0.2, 0.25) is 11.8 Å². The lowest BCUT2D eigenvalue weighted by atomic mass is 10.00. The van der Waals surface area contributed by atoms with Crippen molar-refractivity contribution in [3.05, 3.63) is 65.8 Å². The van der Waals surface area contributed by atoms with E-state index in [0.29, 0.717) is 18.1 Å². The summed E-state index contributed by atoms with van der Waals surface area (Å²) < 4.78 is 2.04. The summed E-state index contributed by atoms with van der Waals surface area (Å²) >= 11 is 6.36. The van der Waals surface area contributed by atoms with Crippen LogP contribution in [0.15, 0.2) is 55.1 Å². The fourth-order valence-corrected chi connectivity index (χ4v) is 4.54. The van der Waals surface area contributed by atoms with Gasteiger partial charge in [-0.15, -0.1) is 0 Å². The molecule has 1 aliphatic rings. The summed E-state index contributed by atoms with van der Waals surface area (Å²) in [5.41, 5.74) is 5.23. The van der Waals surface area contributed by atoms with E-state index in [9.17, 15) is 9.59 Å². The van der Waals surface area contributed by atoms with Crippen LogP contribution in [0.2, 0.25) is 5.02 Å². The van der Waals surface area contributed by atoms with Crippen LogP contribution in [0.1, 0.15) is 5.69 Å². The molecule has 1 fully saturated rings. The van der Waals surface area contributed by atoms with Gasteiger partial charge < -0.3 is 19.7 Å². The average Bonchev–Trinajstić information content (AvgIpc) is 3.00. The maximum absolute atomic E-state index is 12.9. The normalized spacial score (nSPS) is 13.7. The Morgan fingerprint density at radius 1 is 1.22 bits per heavy atom. The van der Waals surface area contributed by atoms with Crippen molar-refractivity contribution in [2.75, 3.05) is 32.1 Å². The van der Waals surface area contributed by atoms with Gasteiger partial charge in [-0.1, -0.05) is 36.4 Å². The second-order valence-corrected chi connectivity index (χ2v) is 8.77. The molecule has 1 aromatic heterocycles. The second-order valence-electron chi connectivity index (χ2n) is 8.33. The molecule has 2 amide bonds. The van der Waals surface area contributed by atoms with Gasteiger partial charge in [0, 0.05) is 65.6 Å². The molecule has 0 radical (unpaired) electrons. The van der Waals surface area contributed by atoms with Crippen LogP contribution in [-0.4, -0.2) is 54.5 Å². The van der Waals surface area contributed by atoms with Gasteiger partial charge in [-0.2, -0.15) is 0 Å². The van der Waals surface area contributed by atoms with E-state index in [4.69, 9.17) is 11.6 Å². The lowest BCUT2D eigenvalue weighted by Gasteiger charge is -2.38. The number of nitrogens with one attached hydrogen (secondary N) is 1. The highest BCUT2D eigenvalue weighted by atomic mass is 35.5. The molecule has 4 rings (SSSR count). The second kappa shape index (κ2) is 8.71. The number of rotatable bonds is 6. The van der Waals surface area contributed by atoms with Crippen LogP contribution < -0.4 is 10.2 Å². The average molecular weight is 451 g/mol. The fourth-order valence-electron chi connectivity index (χ4n) is 4.37. The maximum Gasteiger partial charge on any atom is 0.246 e.